The molecule has 0 saturated heterocycles. The van der Waals surface area contributed by atoms with Crippen LogP contribution in [0.5, 0.6) is 0 Å². The first kappa shape index (κ1) is 15.6. The third kappa shape index (κ3) is 3.09. The molecule has 0 aliphatic carbocycles. The van der Waals surface area contributed by atoms with Gasteiger partial charge in [0, 0.05) is 6.20 Å². The molecule has 1 aromatic carbocycles. The summed E-state index contributed by atoms with van der Waals surface area (Å²) in [7, 11) is 0. The minimum atomic E-state index is -4.78. The second-order valence-electron chi connectivity index (χ2n) is 4.21. The molecule has 1 heterocycles. The van der Waals surface area contributed by atoms with Crippen molar-refractivity contribution in [2.24, 2.45) is 0 Å². The van der Waals surface area contributed by atoms with Gasteiger partial charge in [0.15, 0.2) is 5.69 Å². The van der Waals surface area contributed by atoms with Gasteiger partial charge in [-0.1, -0.05) is 0 Å². The highest BCUT2D eigenvalue weighted by molar-refractivity contribution is 5.90. The van der Waals surface area contributed by atoms with Crippen molar-refractivity contribution >= 4 is 5.97 Å². The van der Waals surface area contributed by atoms with E-state index in [4.69, 9.17) is 5.26 Å². The largest absolute Gasteiger partial charge is 0.462 e. The molecule has 1 aromatic heterocycles. The van der Waals surface area contributed by atoms with E-state index in [0.29, 0.717) is 11.3 Å². The Labute approximate surface area is 123 Å². The van der Waals surface area contributed by atoms with Gasteiger partial charge in [-0.05, 0) is 31.2 Å². The van der Waals surface area contributed by atoms with Gasteiger partial charge < -0.3 is 4.74 Å². The minimum absolute atomic E-state index is 0.0435. The van der Waals surface area contributed by atoms with Crippen LogP contribution in [0.3, 0.4) is 0 Å². The maximum Gasteiger partial charge on any atom is 0.436 e. The van der Waals surface area contributed by atoms with Crippen LogP contribution in [-0.2, 0) is 10.9 Å². The number of rotatable bonds is 3. The molecule has 0 aliphatic heterocycles. The third-order valence-electron chi connectivity index (χ3n) is 2.74. The van der Waals surface area contributed by atoms with Crippen molar-refractivity contribution in [2.75, 3.05) is 6.61 Å². The molecule has 8 heteroatoms. The van der Waals surface area contributed by atoms with E-state index < -0.39 is 23.4 Å². The molecule has 0 bridgehead atoms. The molecule has 114 valence electrons. The predicted molar refractivity (Wildman–Crippen MR) is 69.2 cm³/mol. The lowest BCUT2D eigenvalue weighted by atomic mass is 10.2. The summed E-state index contributed by atoms with van der Waals surface area (Å²) in [6.45, 7) is 1.45. The number of carbonyl (C=O) groups excluding carboxylic acids is 1. The minimum Gasteiger partial charge on any atom is -0.462 e. The zero-order chi connectivity index (χ0) is 16.3. The number of nitrogens with zero attached hydrogens (tertiary/aromatic N) is 3. The smallest absolute Gasteiger partial charge is 0.436 e. The monoisotopic (exact) mass is 309 g/mol. The van der Waals surface area contributed by atoms with Crippen LogP contribution in [0.15, 0.2) is 30.5 Å². The van der Waals surface area contributed by atoms with E-state index in [-0.39, 0.29) is 6.61 Å². The zero-order valence-electron chi connectivity index (χ0n) is 11.4. The van der Waals surface area contributed by atoms with Gasteiger partial charge in [0.1, 0.15) is 5.56 Å². The van der Waals surface area contributed by atoms with Crippen molar-refractivity contribution in [3.05, 3.63) is 47.3 Å². The Morgan fingerprint density at radius 2 is 2.00 bits per heavy atom. The van der Waals surface area contributed by atoms with Crippen LogP contribution in [-0.4, -0.2) is 22.4 Å². The highest BCUT2D eigenvalue weighted by Gasteiger charge is 2.39. The summed E-state index contributed by atoms with van der Waals surface area (Å²) < 4.78 is 44.5. The summed E-state index contributed by atoms with van der Waals surface area (Å²) in [4.78, 5) is 11.6. The number of carbonyl (C=O) groups is 1. The number of nitriles is 1. The lowest BCUT2D eigenvalue weighted by Gasteiger charge is -2.05. The summed E-state index contributed by atoms with van der Waals surface area (Å²) in [5.41, 5.74) is -1.31. The molecule has 0 atom stereocenters. The molecule has 0 amide bonds. The summed E-state index contributed by atoms with van der Waals surface area (Å²) in [6, 6.07) is 7.64. The molecule has 0 spiro atoms. The summed E-state index contributed by atoms with van der Waals surface area (Å²) in [5.74, 6) is -1.09. The van der Waals surface area contributed by atoms with Gasteiger partial charge in [-0.2, -0.15) is 23.5 Å². The lowest BCUT2D eigenvalue weighted by molar-refractivity contribution is -0.141. The van der Waals surface area contributed by atoms with Crippen LogP contribution in [0.1, 0.15) is 28.5 Å². The molecule has 5 nitrogen and oxygen atoms in total. The Morgan fingerprint density at radius 3 is 2.50 bits per heavy atom. The second kappa shape index (κ2) is 5.89. The number of hydrogen-bond acceptors (Lipinski definition) is 4. The van der Waals surface area contributed by atoms with Gasteiger partial charge >= 0.3 is 12.1 Å². The number of halogens is 3. The summed E-state index contributed by atoms with van der Waals surface area (Å²) >= 11 is 0. The molecule has 0 fully saturated rings. The van der Waals surface area contributed by atoms with Gasteiger partial charge in [-0.3, -0.25) is 0 Å². The van der Waals surface area contributed by atoms with Gasteiger partial charge in [-0.15, -0.1) is 0 Å². The fourth-order valence-corrected chi connectivity index (χ4v) is 1.76. The SMILES string of the molecule is CCOC(=O)c1cn(-c2ccc(C#N)cc2)nc1C(F)(F)F. The van der Waals surface area contributed by atoms with E-state index in [0.717, 1.165) is 10.9 Å². The van der Waals surface area contributed by atoms with Gasteiger partial charge in [0.2, 0.25) is 0 Å². The number of alkyl halides is 3. The highest BCUT2D eigenvalue weighted by Crippen LogP contribution is 2.31. The Bertz CT molecular complexity index is 727. The van der Waals surface area contributed by atoms with E-state index in [9.17, 15) is 18.0 Å². The molecule has 0 N–H and O–H groups in total. The van der Waals surface area contributed by atoms with E-state index in [2.05, 4.69) is 9.84 Å². The maximum absolute atomic E-state index is 13.0. The lowest BCUT2D eigenvalue weighted by Crippen LogP contribution is -2.14. The molecule has 2 aromatic rings. The van der Waals surface area contributed by atoms with E-state index >= 15 is 0 Å². The Balaban J connectivity index is 2.49. The maximum atomic E-state index is 13.0. The molecular formula is C14H10F3N3O2. The topological polar surface area (TPSA) is 67.9 Å². The highest BCUT2D eigenvalue weighted by atomic mass is 19.4. The number of esters is 1. The first-order chi connectivity index (χ1) is 10.4. The average Bonchev–Trinajstić information content (AvgIpc) is 2.93. The molecule has 22 heavy (non-hydrogen) atoms. The standard InChI is InChI=1S/C14H10F3N3O2/c1-2-22-13(21)11-8-20(19-12(11)14(15,16)17)10-5-3-9(7-18)4-6-10/h3-6,8H,2H2,1H3. The van der Waals surface area contributed by atoms with Crippen molar-refractivity contribution in [3.63, 3.8) is 0 Å². The molecule has 2 rings (SSSR count). The van der Waals surface area contributed by atoms with Crippen molar-refractivity contribution < 1.29 is 22.7 Å². The van der Waals surface area contributed by atoms with Gasteiger partial charge in [0.05, 0.1) is 23.9 Å². The Morgan fingerprint density at radius 1 is 1.36 bits per heavy atom. The number of hydrogen-bond donors (Lipinski definition) is 0. The van der Waals surface area contributed by atoms with Crippen LogP contribution in [0.2, 0.25) is 0 Å². The summed E-state index contributed by atoms with van der Waals surface area (Å²) in [6.07, 6.45) is -3.82. The number of aromatic nitrogens is 2. The molecular weight excluding hydrogens is 299 g/mol. The normalized spacial score (nSPS) is 11.0. The molecule has 0 unspecified atom stereocenters. The first-order valence-corrected chi connectivity index (χ1v) is 6.21. The second-order valence-corrected chi connectivity index (χ2v) is 4.21. The van der Waals surface area contributed by atoms with E-state index in [1.165, 1.54) is 31.2 Å². The quantitative estimate of drug-likeness (QED) is 0.818. The fourth-order valence-electron chi connectivity index (χ4n) is 1.76. The fraction of sp³-hybridized carbons (Fsp3) is 0.214. The third-order valence-corrected chi connectivity index (χ3v) is 2.74. The average molecular weight is 309 g/mol. The van der Waals surface area contributed by atoms with Crippen LogP contribution in [0.4, 0.5) is 13.2 Å². The van der Waals surface area contributed by atoms with Gasteiger partial charge in [-0.25, -0.2) is 9.48 Å². The van der Waals surface area contributed by atoms with E-state index in [1.807, 2.05) is 6.07 Å². The van der Waals surface area contributed by atoms with Crippen LogP contribution < -0.4 is 0 Å². The van der Waals surface area contributed by atoms with Crippen molar-refractivity contribution in [3.8, 4) is 11.8 Å². The van der Waals surface area contributed by atoms with Crippen LogP contribution in [0, 0.1) is 11.3 Å². The molecule has 0 radical (unpaired) electrons. The number of ether oxygens (including phenoxy) is 1. The van der Waals surface area contributed by atoms with Gasteiger partial charge in [0.25, 0.3) is 0 Å². The summed E-state index contributed by atoms with van der Waals surface area (Å²) in [5, 5.41) is 12.1. The Kier molecular flexibility index (Phi) is 4.17. The van der Waals surface area contributed by atoms with Crippen molar-refractivity contribution in [2.45, 2.75) is 13.1 Å². The molecule has 0 aliphatic rings. The van der Waals surface area contributed by atoms with E-state index in [1.54, 1.807) is 0 Å². The van der Waals surface area contributed by atoms with Crippen molar-refractivity contribution in [1.82, 2.24) is 9.78 Å². The first-order valence-electron chi connectivity index (χ1n) is 6.21. The predicted octanol–water partition coefficient (Wildman–Crippen LogP) is 2.94. The van der Waals surface area contributed by atoms with Crippen LogP contribution in [0.25, 0.3) is 5.69 Å². The Hall–Kier alpha value is -2.82. The zero-order valence-corrected chi connectivity index (χ0v) is 11.4. The number of benzene rings is 1. The van der Waals surface area contributed by atoms with Crippen molar-refractivity contribution in [1.29, 1.82) is 5.26 Å². The molecule has 0 saturated carbocycles. The van der Waals surface area contributed by atoms with Crippen LogP contribution >= 0.6 is 0 Å².